The molecule has 8 aliphatic rings. The minimum atomic E-state index is -2.43. The van der Waals surface area contributed by atoms with Crippen LogP contribution in [0, 0.1) is 5.92 Å². The number of aromatic hydroxyl groups is 3. The fraction of sp³-hybridized carbons (Fsp3) is 0.417. The van der Waals surface area contributed by atoms with Gasteiger partial charge in [0.05, 0.1) is 57.1 Å². The van der Waals surface area contributed by atoms with E-state index in [2.05, 4.69) is 47.5 Å². The van der Waals surface area contributed by atoms with E-state index in [0.29, 0.717) is 26.9 Å². The lowest BCUT2D eigenvalue weighted by Gasteiger charge is -2.46. The molecule has 6 aromatic carbocycles. The molecular weight excluding hydrogens is 1750 g/mol. The largest absolute Gasteiger partial charge is 0.508 e. The zero-order valence-electron chi connectivity index (χ0n) is 68.0. The number of carbonyl (C=O) groups excluding carboxylic acids is 7. The third-order valence-electron chi connectivity index (χ3n) is 22.4. The van der Waals surface area contributed by atoms with Gasteiger partial charge in [0.2, 0.25) is 53.4 Å². The second-order valence-electron chi connectivity index (χ2n) is 32.2. The van der Waals surface area contributed by atoms with Crippen LogP contribution in [0.4, 0.5) is 0 Å². The molecule has 23 atom stereocenters. The molecule has 7 aromatic rings. The number of carboxylic acid groups (broad SMARTS) is 1. The van der Waals surface area contributed by atoms with Crippen molar-refractivity contribution in [1.29, 1.82) is 0 Å². The molecule has 127 heavy (non-hydrogen) atoms. The minimum Gasteiger partial charge on any atom is -0.508 e. The standard InChI is InChI=1S/C84H93Cl4N11O28/c1-31(2)16-47(91-5)75(112)98-63-65(105)36-9-14-51(44(87)19-36)121-53-21-38-22-54(72(53)126-83-70(110)68(108)73(56(30-100)124-83)127-82-69(109)67(107)66(106)55(123-82)29-92-27-33-6-12-46(93-28-33)34-7-11-42(85)43(86)18-34)122-52-15-10-37(20-45(52)88)71(125-58-26-84(4,90)74(111)32(3)120-58)64-80(117)97-62(81(118)119)41-23-39(101)24-50(103)59(41)40-17-35(8-13-49(40)102)60(77(114)99-64)96-78(115)61(38)95-76(113)48(25-57(89)104)94-79(63)116/h6-15,17-24,28,31-32,47-48,55-56,58,60-71,73-74,82-83,91-92,100-103,105-111H,16,25-27,29-30,90H2,1-5H3,(H2,89,104)(H,94,116)(H,95,113)(H,96,115)(H,97,117)(H,98,112)(H,99,114)(H,118,119)/t32-,47+,48-,55+,56+,58-,60-,61+,62-,63?,64-,65+,66-,67-,68+,69+,70+,71+,73+,74-,82-,83-,84-/m0/s1. The van der Waals surface area contributed by atoms with Gasteiger partial charge in [-0.05, 0) is 134 Å². The molecule has 15 rings (SSSR count). The highest BCUT2D eigenvalue weighted by atomic mass is 35.5. The highest BCUT2D eigenvalue weighted by molar-refractivity contribution is 6.42. The Hall–Kier alpha value is -10.5. The van der Waals surface area contributed by atoms with Gasteiger partial charge in [-0.2, -0.15) is 0 Å². The number of phenols is 3. The van der Waals surface area contributed by atoms with Gasteiger partial charge >= 0.3 is 5.97 Å². The van der Waals surface area contributed by atoms with Crippen molar-refractivity contribution in [2.75, 3.05) is 20.2 Å². The molecule has 9 heterocycles. The Balaban J connectivity index is 0.957. The number of carbonyl (C=O) groups is 8. The van der Waals surface area contributed by atoms with Crippen molar-refractivity contribution in [1.82, 2.24) is 47.5 Å². The molecule has 0 aliphatic carbocycles. The van der Waals surface area contributed by atoms with E-state index in [9.17, 15) is 75.7 Å². The van der Waals surface area contributed by atoms with E-state index in [4.69, 9.17) is 95.8 Å². The lowest BCUT2D eigenvalue weighted by atomic mass is 9.86. The number of rotatable bonds is 20. The van der Waals surface area contributed by atoms with Crippen molar-refractivity contribution in [2.45, 2.75) is 193 Å². The summed E-state index contributed by atoms with van der Waals surface area (Å²) in [5.74, 6) is -16.7. The molecule has 0 saturated carbocycles. The molecule has 3 fully saturated rings. The number of carboxylic acids is 1. The number of aromatic nitrogens is 1. The number of benzene rings is 6. The van der Waals surface area contributed by atoms with E-state index in [1.807, 2.05) is 0 Å². The molecule has 24 N–H and O–H groups in total. The molecule has 0 radical (unpaired) electrons. The zero-order chi connectivity index (χ0) is 91.8. The number of nitrogens with one attached hydrogen (secondary N) is 8. The number of aliphatic hydroxyl groups excluding tert-OH is 8. The van der Waals surface area contributed by atoms with Crippen LogP contribution in [0.15, 0.2) is 115 Å². The lowest BCUT2D eigenvalue weighted by Crippen LogP contribution is -2.65. The summed E-state index contributed by atoms with van der Waals surface area (Å²) in [7, 11) is 1.46. The van der Waals surface area contributed by atoms with E-state index in [-0.39, 0.29) is 43.0 Å². The zero-order valence-corrected chi connectivity index (χ0v) is 71.0. The van der Waals surface area contributed by atoms with Gasteiger partial charge in [0.15, 0.2) is 30.1 Å². The van der Waals surface area contributed by atoms with Crippen LogP contribution in [0.3, 0.4) is 0 Å². The fourth-order valence-electron chi connectivity index (χ4n) is 15.7. The van der Waals surface area contributed by atoms with Crippen LogP contribution >= 0.6 is 46.4 Å². The summed E-state index contributed by atoms with van der Waals surface area (Å²) in [6.07, 6.45) is -27.8. The number of aliphatic hydroxyl groups is 8. The SMILES string of the molecule is CN[C@H](CC(C)C)C(=O)NC1C(=O)N[C@@H](CC(N)=O)C(=O)N[C@H]2C(=O)N[C@@H]3C(=O)N[C@H](C(=O)N[C@H](C(=O)O)c4cc(O)cc(O)c4-c4cc3ccc4O)[C@H](O[C@H]3C[C@](C)(N)[C@@H](O)[C@H](C)O3)c3ccc(c(Cl)c3)Oc3cc2cc(c3O[C@@H]2O[C@H](CO)[C@@H](O[C@@H]3O[C@H](CNCc4ccc(-c5ccc(Cl)c(Cl)c5)nc4)[C@H](O)[C@H](O)[C@H]3O)[C@H](O)[C@H]2O)Oc2ccc(cc2Cl)[C@H]1O. The number of phenolic OH excluding ortho intramolecular Hbond substituents is 3. The average Bonchev–Trinajstić information content (AvgIpc) is 0.760. The van der Waals surface area contributed by atoms with Gasteiger partial charge in [0.25, 0.3) is 0 Å². The first-order valence-electron chi connectivity index (χ1n) is 39.9. The summed E-state index contributed by atoms with van der Waals surface area (Å²) in [6, 6.07) is 7.40. The first kappa shape index (κ1) is 94.2. The van der Waals surface area contributed by atoms with E-state index >= 15 is 24.0 Å². The summed E-state index contributed by atoms with van der Waals surface area (Å²) in [6.45, 7) is 5.30. The molecule has 1 aromatic heterocycles. The Labute approximate surface area is 743 Å². The smallest absolute Gasteiger partial charge is 0.330 e. The number of aliphatic carboxylic acids is 1. The molecule has 1 unspecified atom stereocenters. The Morgan fingerprint density at radius 1 is 0.646 bits per heavy atom. The van der Waals surface area contributed by atoms with Crippen molar-refractivity contribution < 1.29 is 138 Å². The first-order valence-corrected chi connectivity index (χ1v) is 41.4. The number of primary amides is 1. The van der Waals surface area contributed by atoms with E-state index in [1.54, 1.807) is 50.4 Å². The number of hydrogen-bond acceptors (Lipinski definition) is 31. The molecule has 680 valence electrons. The van der Waals surface area contributed by atoms with Crippen LogP contribution in [0.25, 0.3) is 22.4 Å². The minimum absolute atomic E-state index is 0.120. The second-order valence-corrected chi connectivity index (χ2v) is 33.8. The van der Waals surface area contributed by atoms with Gasteiger partial charge in [0.1, 0.15) is 120 Å². The van der Waals surface area contributed by atoms with E-state index in [0.717, 1.165) is 66.7 Å². The summed E-state index contributed by atoms with van der Waals surface area (Å²) in [5.41, 5.74) is 9.87. The Bertz CT molecular complexity index is 5340. The number of likely N-dealkylation sites (N-methyl/N-ethyl adjacent to an activating group) is 1. The number of fused-ring (bicyclic) bond motifs is 15. The van der Waals surface area contributed by atoms with E-state index < -0.39 is 284 Å². The fourth-order valence-corrected chi connectivity index (χ4v) is 16.5. The number of nitrogens with zero attached hydrogens (tertiary/aromatic N) is 1. The maximum Gasteiger partial charge on any atom is 0.330 e. The topological polar surface area (TPSA) is 614 Å². The van der Waals surface area contributed by atoms with Gasteiger partial charge in [-0.15, -0.1) is 0 Å². The molecular formula is C84H93Cl4N11O28. The van der Waals surface area contributed by atoms with Crippen LogP contribution in [0.2, 0.25) is 20.1 Å². The number of amides is 7. The molecule has 8 aliphatic heterocycles. The molecule has 0 spiro atoms. The number of ether oxygens (including phenoxy) is 8. The molecule has 7 amide bonds. The molecule has 39 nitrogen and oxygen atoms in total. The summed E-state index contributed by atoms with van der Waals surface area (Å²) >= 11 is 26.9. The maximum absolute atomic E-state index is 16.4. The second kappa shape index (κ2) is 39.2. The number of hydrogen-bond donors (Lipinski definition) is 22. The third-order valence-corrected chi connectivity index (χ3v) is 23.7. The Kier molecular flexibility index (Phi) is 29.1. The van der Waals surface area contributed by atoms with Crippen LogP contribution in [-0.4, -0.2) is 243 Å². The van der Waals surface area contributed by atoms with Gasteiger partial charge in [0, 0.05) is 59.6 Å². The Morgan fingerprint density at radius 3 is 1.92 bits per heavy atom. The van der Waals surface area contributed by atoms with Crippen molar-refractivity contribution in [3.05, 3.63) is 169 Å². The summed E-state index contributed by atoms with van der Waals surface area (Å²) in [4.78, 5) is 125. The van der Waals surface area contributed by atoms with Gasteiger partial charge in [-0.1, -0.05) is 90.6 Å². The summed E-state index contributed by atoms with van der Waals surface area (Å²) in [5, 5.41) is 160. The highest BCUT2D eigenvalue weighted by Crippen LogP contribution is 2.51. The van der Waals surface area contributed by atoms with Crippen molar-refractivity contribution in [3.63, 3.8) is 0 Å². The summed E-state index contributed by atoms with van der Waals surface area (Å²) < 4.78 is 51.2. The lowest BCUT2D eigenvalue weighted by molar-refractivity contribution is -0.350. The van der Waals surface area contributed by atoms with Crippen LogP contribution in [0.1, 0.15) is 111 Å². The number of nitrogens with two attached hydrogens (primary N) is 2. The monoisotopic (exact) mass is 1840 g/mol. The third kappa shape index (κ3) is 20.7. The van der Waals surface area contributed by atoms with Crippen molar-refractivity contribution in [3.8, 4) is 68.4 Å². The number of halogens is 4. The number of pyridine rings is 1. The van der Waals surface area contributed by atoms with E-state index in [1.165, 1.54) is 33.0 Å². The highest BCUT2D eigenvalue weighted by Gasteiger charge is 2.53. The van der Waals surface area contributed by atoms with Crippen LogP contribution in [0.5, 0.6) is 46.0 Å². The van der Waals surface area contributed by atoms with Crippen LogP contribution < -0.4 is 68.2 Å². The molecule has 43 heteroatoms. The van der Waals surface area contributed by atoms with Crippen LogP contribution in [-0.2, 0) is 68.6 Å². The quantitative estimate of drug-likeness (QED) is 0.0519. The van der Waals surface area contributed by atoms with Crippen molar-refractivity contribution in [2.24, 2.45) is 17.4 Å². The predicted molar refractivity (Wildman–Crippen MR) is 446 cm³/mol. The first-order chi connectivity index (χ1) is 60.2. The predicted octanol–water partition coefficient (Wildman–Crippen LogP) is 2.10. The van der Waals surface area contributed by atoms with Gasteiger partial charge in [-0.25, -0.2) is 4.79 Å². The normalized spacial score (nSPS) is 29.5. The molecule has 11 bridgehead atoms. The van der Waals surface area contributed by atoms with Crippen molar-refractivity contribution >= 4 is 93.7 Å². The Morgan fingerprint density at radius 2 is 1.29 bits per heavy atom. The van der Waals surface area contributed by atoms with Gasteiger partial charge < -0.3 is 153 Å². The molecule has 3 saturated heterocycles. The van der Waals surface area contributed by atoms with Gasteiger partial charge in [-0.3, -0.25) is 38.5 Å². The maximum atomic E-state index is 16.4. The average molecular weight is 1850 g/mol.